The van der Waals surface area contributed by atoms with Crippen molar-refractivity contribution in [3.05, 3.63) is 24.3 Å². The summed E-state index contributed by atoms with van der Waals surface area (Å²) >= 11 is 0. The standard InChI is InChI=1S/C9H13NO2/c1-7(10)6-12-9-4-2-8(11)3-5-9/h2-5,7,11H,6,10H2,1H3. The Labute approximate surface area is 71.8 Å². The smallest absolute Gasteiger partial charge is 0.119 e. The highest BCUT2D eigenvalue weighted by molar-refractivity contribution is 5.30. The van der Waals surface area contributed by atoms with Crippen LogP contribution in [0.3, 0.4) is 0 Å². The van der Waals surface area contributed by atoms with Crippen LogP contribution in [0.2, 0.25) is 0 Å². The number of aromatic hydroxyl groups is 1. The van der Waals surface area contributed by atoms with Gasteiger partial charge in [0.15, 0.2) is 0 Å². The van der Waals surface area contributed by atoms with Gasteiger partial charge in [0, 0.05) is 6.04 Å². The summed E-state index contributed by atoms with van der Waals surface area (Å²) in [5.41, 5.74) is 5.50. The van der Waals surface area contributed by atoms with E-state index in [2.05, 4.69) is 0 Å². The summed E-state index contributed by atoms with van der Waals surface area (Å²) in [6.07, 6.45) is 0. The van der Waals surface area contributed by atoms with Crippen LogP contribution in [0.4, 0.5) is 0 Å². The minimum Gasteiger partial charge on any atom is -0.508 e. The number of nitrogens with two attached hydrogens (primary N) is 1. The molecule has 1 aromatic rings. The molecule has 1 aromatic carbocycles. The molecule has 0 saturated heterocycles. The summed E-state index contributed by atoms with van der Waals surface area (Å²) in [4.78, 5) is 0. The van der Waals surface area contributed by atoms with Gasteiger partial charge < -0.3 is 15.6 Å². The number of hydrogen-bond acceptors (Lipinski definition) is 3. The lowest BCUT2D eigenvalue weighted by Gasteiger charge is -2.07. The first-order valence-electron chi connectivity index (χ1n) is 3.86. The maximum atomic E-state index is 8.95. The summed E-state index contributed by atoms with van der Waals surface area (Å²) < 4.78 is 5.29. The molecule has 3 N–H and O–H groups in total. The van der Waals surface area contributed by atoms with Crippen molar-refractivity contribution in [2.24, 2.45) is 5.73 Å². The Morgan fingerprint density at radius 2 is 2.00 bits per heavy atom. The van der Waals surface area contributed by atoms with Crippen molar-refractivity contribution >= 4 is 0 Å². The number of phenolic OH excluding ortho intramolecular Hbond substituents is 1. The van der Waals surface area contributed by atoms with Gasteiger partial charge in [-0.2, -0.15) is 0 Å². The van der Waals surface area contributed by atoms with Crippen molar-refractivity contribution in [2.45, 2.75) is 13.0 Å². The average molecular weight is 167 g/mol. The third-order valence-electron chi connectivity index (χ3n) is 1.35. The van der Waals surface area contributed by atoms with Crippen LogP contribution < -0.4 is 10.5 Å². The highest BCUT2D eigenvalue weighted by Gasteiger charge is 1.96. The monoisotopic (exact) mass is 167 g/mol. The second-order valence-electron chi connectivity index (χ2n) is 2.78. The van der Waals surface area contributed by atoms with Gasteiger partial charge in [0.2, 0.25) is 0 Å². The van der Waals surface area contributed by atoms with Crippen molar-refractivity contribution in [3.8, 4) is 11.5 Å². The molecule has 0 aliphatic heterocycles. The molecular formula is C9H13NO2. The predicted octanol–water partition coefficient (Wildman–Crippen LogP) is 1.12. The van der Waals surface area contributed by atoms with Crippen LogP contribution in [0, 0.1) is 0 Å². The van der Waals surface area contributed by atoms with Gasteiger partial charge in [0.25, 0.3) is 0 Å². The quantitative estimate of drug-likeness (QED) is 0.709. The van der Waals surface area contributed by atoms with Crippen molar-refractivity contribution in [1.29, 1.82) is 0 Å². The predicted molar refractivity (Wildman–Crippen MR) is 47.3 cm³/mol. The molecule has 0 fully saturated rings. The van der Waals surface area contributed by atoms with Crippen molar-refractivity contribution in [2.75, 3.05) is 6.61 Å². The molecule has 3 nitrogen and oxygen atoms in total. The van der Waals surface area contributed by atoms with Gasteiger partial charge in [-0.1, -0.05) is 0 Å². The number of phenols is 1. The summed E-state index contributed by atoms with van der Waals surface area (Å²) in [5, 5.41) is 8.95. The molecule has 0 radical (unpaired) electrons. The molecule has 0 aromatic heterocycles. The zero-order chi connectivity index (χ0) is 8.97. The Bertz CT molecular complexity index is 231. The van der Waals surface area contributed by atoms with Gasteiger partial charge >= 0.3 is 0 Å². The fraction of sp³-hybridized carbons (Fsp3) is 0.333. The molecule has 66 valence electrons. The van der Waals surface area contributed by atoms with E-state index in [4.69, 9.17) is 15.6 Å². The van der Waals surface area contributed by atoms with Gasteiger partial charge in [-0.15, -0.1) is 0 Å². The largest absolute Gasteiger partial charge is 0.508 e. The topological polar surface area (TPSA) is 55.5 Å². The molecule has 0 heterocycles. The zero-order valence-corrected chi connectivity index (χ0v) is 7.03. The first-order chi connectivity index (χ1) is 5.68. The van der Waals surface area contributed by atoms with Crippen LogP contribution >= 0.6 is 0 Å². The molecule has 0 aliphatic carbocycles. The van der Waals surface area contributed by atoms with Gasteiger partial charge in [0.1, 0.15) is 18.1 Å². The van der Waals surface area contributed by atoms with Crippen molar-refractivity contribution < 1.29 is 9.84 Å². The molecule has 0 bridgehead atoms. The lowest BCUT2D eigenvalue weighted by atomic mass is 10.3. The molecule has 0 aliphatic rings. The van der Waals surface area contributed by atoms with Crippen LogP contribution in [-0.4, -0.2) is 17.8 Å². The van der Waals surface area contributed by atoms with Crippen LogP contribution in [-0.2, 0) is 0 Å². The molecule has 0 amide bonds. The Morgan fingerprint density at radius 1 is 1.42 bits per heavy atom. The van der Waals surface area contributed by atoms with Crippen LogP contribution in [0.25, 0.3) is 0 Å². The maximum Gasteiger partial charge on any atom is 0.119 e. The zero-order valence-electron chi connectivity index (χ0n) is 7.03. The highest BCUT2D eigenvalue weighted by Crippen LogP contribution is 2.15. The molecule has 1 rings (SSSR count). The number of benzene rings is 1. The van der Waals surface area contributed by atoms with Gasteiger partial charge in [-0.3, -0.25) is 0 Å². The number of hydrogen-bond donors (Lipinski definition) is 2. The van der Waals surface area contributed by atoms with Crippen molar-refractivity contribution in [1.82, 2.24) is 0 Å². The van der Waals surface area contributed by atoms with Crippen LogP contribution in [0.1, 0.15) is 6.92 Å². The van der Waals surface area contributed by atoms with E-state index < -0.39 is 0 Å². The van der Waals surface area contributed by atoms with Crippen LogP contribution in [0.15, 0.2) is 24.3 Å². The summed E-state index contributed by atoms with van der Waals surface area (Å²) in [6.45, 7) is 2.37. The molecule has 1 unspecified atom stereocenters. The minimum atomic E-state index is 0.0267. The Hall–Kier alpha value is -1.22. The van der Waals surface area contributed by atoms with E-state index in [0.717, 1.165) is 5.75 Å². The van der Waals surface area contributed by atoms with E-state index in [9.17, 15) is 0 Å². The SMILES string of the molecule is CC(N)COc1ccc(O)cc1. The Balaban J connectivity index is 2.48. The number of ether oxygens (including phenoxy) is 1. The van der Waals surface area contributed by atoms with E-state index in [1.54, 1.807) is 24.3 Å². The minimum absolute atomic E-state index is 0.0267. The van der Waals surface area contributed by atoms with E-state index in [1.165, 1.54) is 0 Å². The molecule has 0 saturated carbocycles. The fourth-order valence-electron chi connectivity index (χ4n) is 0.770. The lowest BCUT2D eigenvalue weighted by Crippen LogP contribution is -2.23. The van der Waals surface area contributed by atoms with Crippen molar-refractivity contribution in [3.63, 3.8) is 0 Å². The Morgan fingerprint density at radius 3 is 2.50 bits per heavy atom. The molecule has 0 spiro atoms. The van der Waals surface area contributed by atoms with Gasteiger partial charge in [0.05, 0.1) is 0 Å². The molecule has 3 heteroatoms. The number of rotatable bonds is 3. The first-order valence-corrected chi connectivity index (χ1v) is 3.86. The third-order valence-corrected chi connectivity index (χ3v) is 1.35. The van der Waals surface area contributed by atoms with Crippen LogP contribution in [0.5, 0.6) is 11.5 Å². The maximum absolute atomic E-state index is 8.95. The second kappa shape index (κ2) is 3.97. The van der Waals surface area contributed by atoms with E-state index >= 15 is 0 Å². The van der Waals surface area contributed by atoms with E-state index in [-0.39, 0.29) is 11.8 Å². The average Bonchev–Trinajstić information content (AvgIpc) is 2.03. The van der Waals surface area contributed by atoms with Gasteiger partial charge in [-0.05, 0) is 31.2 Å². The molecular weight excluding hydrogens is 154 g/mol. The highest BCUT2D eigenvalue weighted by atomic mass is 16.5. The Kier molecular flexibility index (Phi) is 2.94. The second-order valence-corrected chi connectivity index (χ2v) is 2.78. The van der Waals surface area contributed by atoms with E-state index in [0.29, 0.717) is 6.61 Å². The van der Waals surface area contributed by atoms with Gasteiger partial charge in [-0.25, -0.2) is 0 Å². The fourth-order valence-corrected chi connectivity index (χ4v) is 0.770. The summed E-state index contributed by atoms with van der Waals surface area (Å²) in [7, 11) is 0. The summed E-state index contributed by atoms with van der Waals surface area (Å²) in [6, 6.07) is 6.60. The first kappa shape index (κ1) is 8.87. The van der Waals surface area contributed by atoms with E-state index in [1.807, 2.05) is 6.92 Å². The molecule has 12 heavy (non-hydrogen) atoms. The normalized spacial score (nSPS) is 12.5. The lowest BCUT2D eigenvalue weighted by molar-refractivity contribution is 0.296. The molecule has 1 atom stereocenters. The summed E-state index contributed by atoms with van der Waals surface area (Å²) in [5.74, 6) is 0.966. The third kappa shape index (κ3) is 2.80.